The number of hydrogen-bond donors (Lipinski definition) is 3. The zero-order valence-electron chi connectivity index (χ0n) is 18.3. The van der Waals surface area contributed by atoms with E-state index in [1.54, 1.807) is 24.3 Å². The minimum Gasteiger partial charge on any atom is -0.507 e. The maximum Gasteiger partial charge on any atom is 0.342 e. The van der Waals surface area contributed by atoms with E-state index >= 15 is 0 Å². The summed E-state index contributed by atoms with van der Waals surface area (Å²) in [4.78, 5) is 24.7. The SMILES string of the molecule is CC/C=C\C=C/C(=O)N/C=C/CC1CC2C[C@@H](O)C[C@H](Cc3cccc(O)c3C(=O)O1)O2. The number of phenolic OH excluding ortho intramolecular Hbond substituents is 1. The molecule has 0 saturated carbocycles. The van der Waals surface area contributed by atoms with Gasteiger partial charge in [0, 0.05) is 25.1 Å². The lowest BCUT2D eigenvalue weighted by Crippen LogP contribution is -2.40. The molecule has 3 rings (SSSR count). The smallest absolute Gasteiger partial charge is 0.342 e. The van der Waals surface area contributed by atoms with Gasteiger partial charge in [-0.25, -0.2) is 4.79 Å². The van der Waals surface area contributed by atoms with Gasteiger partial charge in [-0.15, -0.1) is 0 Å². The maximum atomic E-state index is 12.9. The lowest BCUT2D eigenvalue weighted by Gasteiger charge is -2.36. The van der Waals surface area contributed by atoms with Crippen molar-refractivity contribution in [1.29, 1.82) is 0 Å². The highest BCUT2D eigenvalue weighted by Crippen LogP contribution is 2.32. The third-order valence-electron chi connectivity index (χ3n) is 5.51. The number of aromatic hydroxyl groups is 1. The van der Waals surface area contributed by atoms with Crippen molar-refractivity contribution in [2.24, 2.45) is 0 Å². The van der Waals surface area contributed by atoms with E-state index in [-0.39, 0.29) is 29.4 Å². The van der Waals surface area contributed by atoms with Crippen molar-refractivity contribution in [3.8, 4) is 5.75 Å². The van der Waals surface area contributed by atoms with Gasteiger partial charge in [0.2, 0.25) is 5.91 Å². The topological polar surface area (TPSA) is 105 Å². The molecule has 1 aromatic carbocycles. The van der Waals surface area contributed by atoms with Gasteiger partial charge in [0.15, 0.2) is 0 Å². The average Bonchev–Trinajstić information content (AvgIpc) is 2.73. The highest BCUT2D eigenvalue weighted by atomic mass is 16.5. The number of carbonyl (C=O) groups is 2. The zero-order chi connectivity index (χ0) is 22.9. The van der Waals surface area contributed by atoms with E-state index in [0.717, 1.165) is 6.42 Å². The van der Waals surface area contributed by atoms with Crippen molar-refractivity contribution in [2.75, 3.05) is 0 Å². The van der Waals surface area contributed by atoms with Gasteiger partial charge < -0.3 is 25.0 Å². The van der Waals surface area contributed by atoms with Crippen molar-refractivity contribution >= 4 is 11.9 Å². The first-order valence-corrected chi connectivity index (χ1v) is 11.1. The number of nitrogens with one attached hydrogen (secondary N) is 1. The predicted molar refractivity (Wildman–Crippen MR) is 120 cm³/mol. The first kappa shape index (κ1) is 23.8. The minimum absolute atomic E-state index is 0.133. The Bertz CT molecular complexity index is 890. The van der Waals surface area contributed by atoms with Gasteiger partial charge in [0.1, 0.15) is 17.4 Å². The van der Waals surface area contributed by atoms with Crippen LogP contribution >= 0.6 is 0 Å². The summed E-state index contributed by atoms with van der Waals surface area (Å²) < 4.78 is 11.9. The molecule has 172 valence electrons. The van der Waals surface area contributed by atoms with Crippen LogP contribution in [0.4, 0.5) is 0 Å². The van der Waals surface area contributed by atoms with Crippen LogP contribution in [-0.2, 0) is 20.7 Å². The quantitative estimate of drug-likeness (QED) is 0.355. The van der Waals surface area contributed by atoms with Crippen LogP contribution in [0, 0.1) is 0 Å². The molecule has 2 bridgehead atoms. The summed E-state index contributed by atoms with van der Waals surface area (Å²) >= 11 is 0. The monoisotopic (exact) mass is 441 g/mol. The first-order chi connectivity index (χ1) is 15.5. The molecular weight excluding hydrogens is 410 g/mol. The normalized spacial score (nSPS) is 26.2. The molecule has 0 spiro atoms. The summed E-state index contributed by atoms with van der Waals surface area (Å²) in [6.45, 7) is 2.01. The Morgan fingerprint density at radius 2 is 2.00 bits per heavy atom. The van der Waals surface area contributed by atoms with Crippen molar-refractivity contribution in [3.63, 3.8) is 0 Å². The van der Waals surface area contributed by atoms with Gasteiger partial charge in [-0.05, 0) is 37.3 Å². The zero-order valence-corrected chi connectivity index (χ0v) is 18.3. The standard InChI is InChI=1S/C25H31NO6/c1-2-3-4-5-11-23(29)26-12-7-9-19-16-21-15-18(27)14-20(31-21)13-17-8-6-10-22(28)24(17)25(30)32-19/h3-8,10-12,18-21,27-28H,2,9,13-16H2,1H3,(H,26,29)/b4-3-,11-5-,12-7+/t18-,19?,20-,21?/m0/s1. The Morgan fingerprint density at radius 1 is 1.19 bits per heavy atom. The fourth-order valence-corrected chi connectivity index (χ4v) is 4.07. The van der Waals surface area contributed by atoms with Crippen LogP contribution in [0.2, 0.25) is 0 Å². The van der Waals surface area contributed by atoms with Crippen LogP contribution in [0.5, 0.6) is 5.75 Å². The summed E-state index contributed by atoms with van der Waals surface area (Å²) in [5, 5.41) is 23.2. The second-order valence-electron chi connectivity index (χ2n) is 8.13. The molecule has 7 nitrogen and oxygen atoms in total. The van der Waals surface area contributed by atoms with E-state index in [4.69, 9.17) is 9.47 Å². The van der Waals surface area contributed by atoms with Crippen LogP contribution in [0.25, 0.3) is 0 Å². The number of aliphatic hydroxyl groups excluding tert-OH is 1. The van der Waals surface area contributed by atoms with Gasteiger partial charge >= 0.3 is 5.97 Å². The van der Waals surface area contributed by atoms with E-state index in [9.17, 15) is 19.8 Å². The molecule has 7 heteroatoms. The highest BCUT2D eigenvalue weighted by molar-refractivity contribution is 5.94. The number of fused-ring (bicyclic) bond motifs is 3. The Kier molecular flexibility index (Phi) is 8.64. The number of carbonyl (C=O) groups excluding carboxylic acids is 2. The molecule has 0 aliphatic carbocycles. The summed E-state index contributed by atoms with van der Waals surface area (Å²) in [7, 11) is 0. The van der Waals surface area contributed by atoms with E-state index in [0.29, 0.717) is 37.7 Å². The third-order valence-corrected chi connectivity index (χ3v) is 5.51. The molecule has 4 atom stereocenters. The molecular formula is C25H31NO6. The first-order valence-electron chi connectivity index (χ1n) is 11.1. The number of amides is 1. The second kappa shape index (κ2) is 11.6. The minimum atomic E-state index is -0.577. The molecule has 1 amide bonds. The molecule has 2 unspecified atom stereocenters. The van der Waals surface area contributed by atoms with Crippen molar-refractivity contribution in [1.82, 2.24) is 5.32 Å². The average molecular weight is 442 g/mol. The fraction of sp³-hybridized carbons (Fsp3) is 0.440. The molecule has 0 aromatic heterocycles. The molecule has 3 N–H and O–H groups in total. The van der Waals surface area contributed by atoms with Gasteiger partial charge in [-0.1, -0.05) is 43.4 Å². The molecule has 2 aliphatic heterocycles. The Morgan fingerprint density at radius 3 is 2.81 bits per heavy atom. The summed E-state index contributed by atoms with van der Waals surface area (Å²) in [5.74, 6) is -0.969. The summed E-state index contributed by atoms with van der Waals surface area (Å²) in [6, 6.07) is 4.91. The van der Waals surface area contributed by atoms with Crippen molar-refractivity contribution in [2.45, 2.75) is 69.9 Å². The second-order valence-corrected chi connectivity index (χ2v) is 8.13. The summed E-state index contributed by atoms with van der Waals surface area (Å²) in [6.07, 6.45) is 11.7. The van der Waals surface area contributed by atoms with E-state index in [1.807, 2.05) is 19.1 Å². The molecule has 2 aliphatic rings. The highest BCUT2D eigenvalue weighted by Gasteiger charge is 2.34. The van der Waals surface area contributed by atoms with Gasteiger partial charge in [0.25, 0.3) is 0 Å². The van der Waals surface area contributed by atoms with Crippen molar-refractivity contribution < 1.29 is 29.3 Å². The lowest BCUT2D eigenvalue weighted by molar-refractivity contribution is -0.115. The number of benzene rings is 1. The number of esters is 1. The fourth-order valence-electron chi connectivity index (χ4n) is 4.07. The maximum absolute atomic E-state index is 12.9. The molecule has 1 aromatic rings. The number of aliphatic hydroxyl groups is 1. The van der Waals surface area contributed by atoms with Crippen LogP contribution in [0.3, 0.4) is 0 Å². The molecule has 1 saturated heterocycles. The lowest BCUT2D eigenvalue weighted by atomic mass is 9.91. The van der Waals surface area contributed by atoms with Gasteiger partial charge in [-0.2, -0.15) is 0 Å². The Labute approximate surface area is 188 Å². The Balaban J connectivity index is 1.70. The van der Waals surface area contributed by atoms with Crippen LogP contribution in [0.15, 0.2) is 54.8 Å². The number of rotatable bonds is 6. The molecule has 2 heterocycles. The van der Waals surface area contributed by atoms with Crippen LogP contribution in [-0.4, -0.2) is 46.5 Å². The molecule has 1 fully saturated rings. The number of hydrogen-bond acceptors (Lipinski definition) is 6. The van der Waals surface area contributed by atoms with Crippen LogP contribution < -0.4 is 5.32 Å². The molecule has 0 radical (unpaired) electrons. The largest absolute Gasteiger partial charge is 0.507 e. The summed E-state index contributed by atoms with van der Waals surface area (Å²) in [5.41, 5.74) is 0.780. The van der Waals surface area contributed by atoms with Gasteiger partial charge in [0.05, 0.1) is 18.3 Å². The number of cyclic esters (lactones) is 1. The van der Waals surface area contributed by atoms with E-state index < -0.39 is 18.2 Å². The number of allylic oxidation sites excluding steroid dienone is 3. The third kappa shape index (κ3) is 6.80. The van der Waals surface area contributed by atoms with E-state index in [1.165, 1.54) is 18.3 Å². The molecule has 32 heavy (non-hydrogen) atoms. The number of phenols is 1. The van der Waals surface area contributed by atoms with Crippen molar-refractivity contribution in [3.05, 3.63) is 65.9 Å². The van der Waals surface area contributed by atoms with Gasteiger partial charge in [-0.3, -0.25) is 4.79 Å². The van der Waals surface area contributed by atoms with Crippen LogP contribution in [0.1, 0.15) is 54.9 Å². The number of ether oxygens (including phenoxy) is 2. The predicted octanol–water partition coefficient (Wildman–Crippen LogP) is 3.31. The Hall–Kier alpha value is -2.90. The van der Waals surface area contributed by atoms with E-state index in [2.05, 4.69) is 5.32 Å².